The van der Waals surface area contributed by atoms with Crippen LogP contribution < -0.4 is 54.4 Å². The molecule has 0 heterocycles. The molecular formula is C47H66N10O16. The molecule has 26 heteroatoms. The summed E-state index contributed by atoms with van der Waals surface area (Å²) in [6, 6.07) is 0.807. The van der Waals surface area contributed by atoms with Crippen LogP contribution in [0.4, 0.5) is 0 Å². The molecule has 2 aromatic rings. The number of primary amides is 2. The summed E-state index contributed by atoms with van der Waals surface area (Å²) >= 11 is 0. The van der Waals surface area contributed by atoms with Gasteiger partial charge in [-0.1, -0.05) is 70.2 Å². The first kappa shape index (κ1) is 61.0. The quantitative estimate of drug-likeness (QED) is 0.0351. The summed E-state index contributed by atoms with van der Waals surface area (Å²) in [6.45, 7) is 6.30. The van der Waals surface area contributed by atoms with Crippen LogP contribution in [0.2, 0.25) is 0 Å². The number of nitrogens with two attached hydrogens (primary N) is 3. The highest BCUT2D eigenvalue weighted by Crippen LogP contribution is 2.14. The number of carbonyl (C=O) groups excluding carboxylic acids is 9. The fourth-order valence-electron chi connectivity index (χ4n) is 6.87. The van der Waals surface area contributed by atoms with Crippen molar-refractivity contribution in [3.63, 3.8) is 0 Å². The Balaban J connectivity index is 2.55. The van der Waals surface area contributed by atoms with Crippen LogP contribution >= 0.6 is 0 Å². The number of nitrogens with one attached hydrogen (secondary N) is 7. The lowest BCUT2D eigenvalue weighted by Gasteiger charge is -2.28. The summed E-state index contributed by atoms with van der Waals surface area (Å²) in [5.41, 5.74) is 17.2. The Hall–Kier alpha value is -8.16. The summed E-state index contributed by atoms with van der Waals surface area (Å²) in [5, 5.41) is 55.4. The lowest BCUT2D eigenvalue weighted by Crippen LogP contribution is -2.61. The molecule has 0 aliphatic heterocycles. The minimum Gasteiger partial charge on any atom is -0.508 e. The number of amides is 9. The van der Waals surface area contributed by atoms with Gasteiger partial charge < -0.3 is 74.8 Å². The molecule has 8 atom stereocenters. The molecule has 8 unspecified atom stereocenters. The number of hydrogen-bond donors (Lipinski definition) is 14. The van der Waals surface area contributed by atoms with E-state index in [0.717, 1.165) is 0 Å². The Morgan fingerprint density at radius 1 is 0.452 bits per heavy atom. The van der Waals surface area contributed by atoms with Crippen molar-refractivity contribution in [2.45, 2.75) is 134 Å². The molecule has 0 aliphatic carbocycles. The van der Waals surface area contributed by atoms with Gasteiger partial charge in [0.05, 0.1) is 12.5 Å². The molecule has 0 aliphatic rings. The third-order valence-corrected chi connectivity index (χ3v) is 11.1. The topological polar surface area (TPSA) is 448 Å². The Kier molecular flexibility index (Phi) is 25.0. The predicted molar refractivity (Wildman–Crippen MR) is 257 cm³/mol. The Labute approximate surface area is 419 Å². The van der Waals surface area contributed by atoms with Crippen molar-refractivity contribution >= 4 is 71.1 Å². The molecule has 0 fully saturated rings. The second kappa shape index (κ2) is 29.9. The monoisotopic (exact) mass is 1030 g/mol. The van der Waals surface area contributed by atoms with Gasteiger partial charge in [-0.25, -0.2) is 4.79 Å². The highest BCUT2D eigenvalue weighted by atomic mass is 16.4. The van der Waals surface area contributed by atoms with E-state index in [1.807, 2.05) is 0 Å². The molecule has 2 rings (SSSR count). The van der Waals surface area contributed by atoms with Crippen molar-refractivity contribution in [1.29, 1.82) is 0 Å². The van der Waals surface area contributed by atoms with Gasteiger partial charge in [-0.2, -0.15) is 0 Å². The zero-order valence-corrected chi connectivity index (χ0v) is 40.8. The SMILES string of the molecule is CC(C)C(N)C(=O)NC(CC(N)=O)C(=O)NC(Cc1ccc(O)cc1)C(=O)NC(CCC(=O)O)C(=O)NC(CCC(=O)O)C(=O)NC(Cc1ccccc1)C(=O)NC(C(=O)NC(CCC(N)=O)C(=O)O)C(C)C. The minimum atomic E-state index is -1.82. The summed E-state index contributed by atoms with van der Waals surface area (Å²) < 4.78 is 0. The summed E-state index contributed by atoms with van der Waals surface area (Å²) in [6.07, 6.45) is -4.88. The summed E-state index contributed by atoms with van der Waals surface area (Å²) in [7, 11) is 0. The van der Waals surface area contributed by atoms with Crippen molar-refractivity contribution in [2.24, 2.45) is 29.0 Å². The average Bonchev–Trinajstić information content (AvgIpc) is 3.31. The van der Waals surface area contributed by atoms with Gasteiger partial charge in [0.1, 0.15) is 48.0 Å². The number of benzene rings is 2. The summed E-state index contributed by atoms with van der Waals surface area (Å²) in [4.78, 5) is 155. The van der Waals surface area contributed by atoms with Crippen molar-refractivity contribution in [1.82, 2.24) is 37.2 Å². The van der Waals surface area contributed by atoms with Crippen LogP contribution in [-0.4, -0.2) is 140 Å². The van der Waals surface area contributed by atoms with E-state index >= 15 is 0 Å². The van der Waals surface area contributed by atoms with Crippen molar-refractivity contribution in [3.05, 3.63) is 65.7 Å². The van der Waals surface area contributed by atoms with E-state index in [0.29, 0.717) is 11.1 Å². The van der Waals surface area contributed by atoms with Crippen molar-refractivity contribution in [3.8, 4) is 5.75 Å². The molecule has 0 radical (unpaired) electrons. The molecule has 0 spiro atoms. The van der Waals surface area contributed by atoms with Gasteiger partial charge in [0.15, 0.2) is 0 Å². The lowest BCUT2D eigenvalue weighted by atomic mass is 9.99. The number of phenols is 1. The summed E-state index contributed by atoms with van der Waals surface area (Å²) in [5.74, 6) is -14.8. The van der Waals surface area contributed by atoms with Crippen molar-refractivity contribution in [2.75, 3.05) is 0 Å². The Bertz CT molecular complexity index is 2300. The standard InChI is InChI=1S/C47H66N10O16/c1-23(2)38(50)45(70)56-33(22-35(49)60)43(68)55-31(21-26-10-12-27(58)13-11-26)42(67)52-28(15-18-36(61)62)40(65)51-29(16-19-37(63)64)41(66)54-32(20-25-8-6-5-7-9-25)44(69)57-39(24(3)4)46(71)53-30(47(72)73)14-17-34(48)59/h5-13,23-24,28-33,38-39,58H,14-22,50H2,1-4H3,(H2,48,59)(H2,49,60)(H,51,65)(H,52,67)(H,53,71)(H,54,66)(H,55,68)(H,56,70)(H,57,69)(H,61,62)(H,63,64)(H,72,73). The number of hydrogen-bond acceptors (Lipinski definition) is 14. The third kappa shape index (κ3) is 22.2. The van der Waals surface area contributed by atoms with Gasteiger partial charge in [-0.05, 0) is 54.4 Å². The normalized spacial score (nSPS) is 14.3. The highest BCUT2D eigenvalue weighted by Gasteiger charge is 2.36. The van der Waals surface area contributed by atoms with Gasteiger partial charge in [-0.15, -0.1) is 0 Å². The molecule has 0 saturated carbocycles. The zero-order valence-electron chi connectivity index (χ0n) is 40.8. The van der Waals surface area contributed by atoms with E-state index < -0.39 is 163 Å². The molecule has 0 aromatic heterocycles. The predicted octanol–water partition coefficient (Wildman–Crippen LogP) is -2.83. The zero-order chi connectivity index (χ0) is 55.1. The fraction of sp³-hybridized carbons (Fsp3) is 0.489. The van der Waals surface area contributed by atoms with Crippen LogP contribution in [-0.2, 0) is 70.4 Å². The van der Waals surface area contributed by atoms with Gasteiger partial charge in [-0.3, -0.25) is 52.7 Å². The highest BCUT2D eigenvalue weighted by molar-refractivity contribution is 5.99. The van der Waals surface area contributed by atoms with Crippen LogP contribution in [0.1, 0.15) is 83.8 Å². The number of rotatable bonds is 32. The minimum absolute atomic E-state index is 0.161. The van der Waals surface area contributed by atoms with E-state index in [2.05, 4.69) is 37.2 Å². The van der Waals surface area contributed by atoms with Crippen LogP contribution in [0.25, 0.3) is 0 Å². The molecule has 26 nitrogen and oxygen atoms in total. The van der Waals surface area contributed by atoms with Gasteiger partial charge in [0.2, 0.25) is 53.2 Å². The van der Waals surface area contributed by atoms with E-state index in [9.17, 15) is 78.0 Å². The first-order valence-corrected chi connectivity index (χ1v) is 23.1. The second-order valence-corrected chi connectivity index (χ2v) is 17.8. The van der Waals surface area contributed by atoms with E-state index in [1.54, 1.807) is 44.2 Å². The molecular weight excluding hydrogens is 961 g/mol. The smallest absolute Gasteiger partial charge is 0.326 e. The lowest BCUT2D eigenvalue weighted by molar-refractivity contribution is -0.143. The van der Waals surface area contributed by atoms with E-state index in [1.165, 1.54) is 38.1 Å². The fourth-order valence-corrected chi connectivity index (χ4v) is 6.87. The largest absolute Gasteiger partial charge is 0.508 e. The first-order chi connectivity index (χ1) is 34.2. The Morgan fingerprint density at radius 3 is 1.27 bits per heavy atom. The number of carboxylic acid groups (broad SMARTS) is 3. The maximum absolute atomic E-state index is 14.2. The second-order valence-electron chi connectivity index (χ2n) is 17.8. The Morgan fingerprint density at radius 2 is 0.849 bits per heavy atom. The van der Waals surface area contributed by atoms with E-state index in [-0.39, 0.29) is 31.4 Å². The van der Waals surface area contributed by atoms with Crippen LogP contribution in [0.15, 0.2) is 54.6 Å². The number of carboxylic acids is 3. The molecule has 9 amide bonds. The third-order valence-electron chi connectivity index (χ3n) is 11.1. The molecule has 0 bridgehead atoms. The molecule has 0 saturated heterocycles. The number of phenolic OH excluding ortho intramolecular Hbond substituents is 1. The average molecular weight is 1030 g/mol. The number of carbonyl (C=O) groups is 12. The first-order valence-electron chi connectivity index (χ1n) is 23.1. The van der Waals surface area contributed by atoms with Gasteiger partial charge in [0.25, 0.3) is 0 Å². The van der Waals surface area contributed by atoms with E-state index in [4.69, 9.17) is 17.2 Å². The van der Waals surface area contributed by atoms with Crippen LogP contribution in [0, 0.1) is 11.8 Å². The maximum Gasteiger partial charge on any atom is 0.326 e. The van der Waals surface area contributed by atoms with Crippen molar-refractivity contribution < 1.29 is 78.0 Å². The van der Waals surface area contributed by atoms with Gasteiger partial charge >= 0.3 is 17.9 Å². The molecule has 17 N–H and O–H groups in total. The number of aromatic hydroxyl groups is 1. The maximum atomic E-state index is 14.2. The molecule has 400 valence electrons. The molecule has 73 heavy (non-hydrogen) atoms. The van der Waals surface area contributed by atoms with Gasteiger partial charge in [0, 0.05) is 32.1 Å². The molecule has 2 aromatic carbocycles. The number of aliphatic carboxylic acids is 3. The van der Waals surface area contributed by atoms with Crippen LogP contribution in [0.3, 0.4) is 0 Å². The van der Waals surface area contributed by atoms with Crippen LogP contribution in [0.5, 0.6) is 5.75 Å².